The van der Waals surface area contributed by atoms with Crippen molar-refractivity contribution in [3.05, 3.63) is 338 Å². The first kappa shape index (κ1) is 70.4. The normalized spacial score (nSPS) is 12.2. The molecule has 1 spiro atoms. The van der Waals surface area contributed by atoms with E-state index in [4.69, 9.17) is 17.7 Å². The van der Waals surface area contributed by atoms with Crippen LogP contribution in [0, 0.1) is 47.4 Å². The quantitative estimate of drug-likeness (QED) is 0.0278. The van der Waals surface area contributed by atoms with Crippen molar-refractivity contribution in [3.8, 4) is 69.6 Å². The van der Waals surface area contributed by atoms with Crippen molar-refractivity contribution in [1.29, 1.82) is 0 Å². The molecule has 0 saturated carbocycles. The van der Waals surface area contributed by atoms with Crippen molar-refractivity contribution >= 4 is 54.0 Å². The highest BCUT2D eigenvalue weighted by atomic mass is 28.4. The summed E-state index contributed by atoms with van der Waals surface area (Å²) in [5, 5.41) is 4.82. The average Bonchev–Trinajstić information content (AvgIpc) is 1.51. The van der Waals surface area contributed by atoms with Crippen LogP contribution in [0.25, 0.3) is 22.3 Å². The van der Waals surface area contributed by atoms with E-state index in [1.807, 2.05) is 48.6 Å². The van der Waals surface area contributed by atoms with Crippen LogP contribution in [0.1, 0.15) is 94.5 Å². The Bertz CT molecular complexity index is 3920. The van der Waals surface area contributed by atoms with Gasteiger partial charge in [-0.05, 0) is 238 Å². The van der Waals surface area contributed by atoms with E-state index in [1.54, 1.807) is 0 Å². The van der Waals surface area contributed by atoms with E-state index < -0.39 is 38.7 Å². The Morgan fingerprint density at radius 3 is 0.588 bits per heavy atom. The van der Waals surface area contributed by atoms with Gasteiger partial charge in [-0.2, -0.15) is 0 Å². The summed E-state index contributed by atoms with van der Waals surface area (Å²) in [6.45, 7) is 43.6. The van der Waals surface area contributed by atoms with Crippen LogP contribution in [-0.2, 0) is 23.1 Å². The minimum atomic E-state index is -2.37. The third-order valence-corrected chi connectivity index (χ3v) is 35.3. The second-order valence-electron chi connectivity index (χ2n) is 24.8. The lowest BCUT2D eigenvalue weighted by atomic mass is 9.69. The third-order valence-electron chi connectivity index (χ3n) is 18.8. The van der Waals surface area contributed by atoms with Crippen molar-refractivity contribution in [1.82, 2.24) is 0 Å². The minimum absolute atomic E-state index is 0.630. The van der Waals surface area contributed by atoms with Gasteiger partial charge < -0.3 is 17.7 Å². The molecule has 10 rings (SSSR count). The Morgan fingerprint density at radius 1 is 0.258 bits per heavy atom. The first-order valence-corrected chi connectivity index (χ1v) is 43.2. The summed E-state index contributed by atoms with van der Waals surface area (Å²) < 4.78 is 26.3. The molecular weight excluding hydrogens is 1250 g/mol. The number of hydrogen-bond acceptors (Lipinski definition) is 4. The molecule has 97 heavy (non-hydrogen) atoms. The van der Waals surface area contributed by atoms with Crippen molar-refractivity contribution in [2.75, 3.05) is 26.4 Å². The van der Waals surface area contributed by atoms with Gasteiger partial charge in [0.15, 0.2) is 0 Å². The predicted molar refractivity (Wildman–Crippen MR) is 421 cm³/mol. The Labute approximate surface area is 583 Å². The summed E-state index contributed by atoms with van der Waals surface area (Å²) >= 11 is 0. The molecule has 0 unspecified atom stereocenters. The van der Waals surface area contributed by atoms with Gasteiger partial charge in [0.1, 0.15) is 0 Å². The van der Waals surface area contributed by atoms with Crippen LogP contribution >= 0.6 is 0 Å². The summed E-state index contributed by atoms with van der Waals surface area (Å²) in [7, 11) is -9.46. The van der Waals surface area contributed by atoms with Gasteiger partial charge in [-0.25, -0.2) is 0 Å². The van der Waals surface area contributed by atoms with Crippen molar-refractivity contribution in [2.24, 2.45) is 0 Å². The summed E-state index contributed by atoms with van der Waals surface area (Å²) in [5.74, 6) is 28.8. The zero-order chi connectivity index (χ0) is 68.5. The van der Waals surface area contributed by atoms with Gasteiger partial charge >= 0.3 is 0 Å². The minimum Gasteiger partial charge on any atom is -0.412 e. The highest BCUT2D eigenvalue weighted by molar-refractivity contribution is 6.88. The Kier molecular flexibility index (Phi) is 23.3. The molecule has 2 aliphatic rings. The van der Waals surface area contributed by atoms with Crippen LogP contribution in [-0.4, -0.2) is 59.7 Å². The third kappa shape index (κ3) is 14.5. The van der Waals surface area contributed by atoms with Crippen LogP contribution in [0.15, 0.2) is 271 Å². The lowest BCUT2D eigenvalue weighted by Gasteiger charge is -2.31. The molecule has 8 aromatic carbocycles. The molecule has 4 nitrogen and oxygen atoms in total. The van der Waals surface area contributed by atoms with Gasteiger partial charge in [0, 0.05) is 70.9 Å². The van der Waals surface area contributed by atoms with Crippen LogP contribution in [0.2, 0.25) is 48.4 Å². The molecule has 0 atom stereocenters. The van der Waals surface area contributed by atoms with Crippen LogP contribution < -0.4 is 20.7 Å². The zero-order valence-electron chi connectivity index (χ0n) is 57.1. The van der Waals surface area contributed by atoms with Crippen molar-refractivity contribution in [2.45, 2.75) is 81.5 Å². The summed E-state index contributed by atoms with van der Waals surface area (Å²) in [6, 6.07) is 67.9. The van der Waals surface area contributed by atoms with E-state index in [0.29, 0.717) is 26.4 Å². The molecule has 8 aromatic rings. The number of fused-ring (bicyclic) bond motifs is 10. The summed E-state index contributed by atoms with van der Waals surface area (Å²) in [5.41, 5.74) is 15.5. The molecule has 0 N–H and O–H groups in total. The largest absolute Gasteiger partial charge is 0.412 e. The summed E-state index contributed by atoms with van der Waals surface area (Å²) in [4.78, 5) is 0. The highest BCUT2D eigenvalue weighted by Crippen LogP contribution is 2.63. The lowest BCUT2D eigenvalue weighted by Crippen LogP contribution is -2.50. The second kappa shape index (κ2) is 32.1. The zero-order valence-corrected chi connectivity index (χ0v) is 61.1. The average molecular weight is 1330 g/mol. The van der Waals surface area contributed by atoms with E-state index in [9.17, 15) is 0 Å². The summed E-state index contributed by atoms with van der Waals surface area (Å²) in [6.07, 6.45) is 15.9. The maximum Gasteiger partial charge on any atom is 0.231 e. The number of benzene rings is 8. The standard InChI is InChI=1S/C89H88O4Si4/c1-13-57-94(58-14-2,90-21-9)77-45-33-69(34-46-77)25-29-73-41-53-81-82-54-42-74(30-26-70-35-47-78(48-36-70)95(59-15-3,60-16-4)91-22-10)66-86(82)89(85(81)65-73)87-67-75(31-27-71-37-49-79(50-38-71)96(61-17-5,62-18-6)92-23-11)43-55-83(87)84-56-44-76(68-88(84)89)32-28-72-39-51-80(52-40-72)97(63-19-7,64-20-8)93-24-12/h13-20,33-56,65-68H,1-8,21-24,57-64H2,9-12H3. The van der Waals surface area contributed by atoms with Gasteiger partial charge in [0.25, 0.3) is 0 Å². The molecule has 484 valence electrons. The fourth-order valence-corrected chi connectivity index (χ4v) is 27.8. The van der Waals surface area contributed by atoms with Gasteiger partial charge in [0.2, 0.25) is 33.3 Å². The Balaban J connectivity index is 1.16. The fraction of sp³-hybridized carbons (Fsp3) is 0.191. The van der Waals surface area contributed by atoms with Gasteiger partial charge in [-0.3, -0.25) is 0 Å². The Morgan fingerprint density at radius 2 is 0.423 bits per heavy atom. The maximum absolute atomic E-state index is 6.57. The molecule has 0 amide bonds. The molecular formula is C89H88O4Si4. The predicted octanol–water partition coefficient (Wildman–Crippen LogP) is 17.9. The smallest absolute Gasteiger partial charge is 0.231 e. The van der Waals surface area contributed by atoms with E-state index in [0.717, 1.165) is 137 Å². The van der Waals surface area contributed by atoms with Gasteiger partial charge in [-0.1, -0.05) is 169 Å². The van der Waals surface area contributed by atoms with Crippen molar-refractivity contribution < 1.29 is 17.7 Å². The molecule has 8 heteroatoms. The number of rotatable bonds is 28. The van der Waals surface area contributed by atoms with E-state index in [2.05, 4.69) is 298 Å². The molecule has 0 aliphatic heterocycles. The monoisotopic (exact) mass is 1330 g/mol. The molecule has 0 bridgehead atoms. The van der Waals surface area contributed by atoms with Crippen LogP contribution in [0.4, 0.5) is 0 Å². The number of allylic oxidation sites excluding steroid dienone is 8. The Hall–Kier alpha value is -9.37. The molecule has 2 aliphatic carbocycles. The van der Waals surface area contributed by atoms with Crippen LogP contribution in [0.5, 0.6) is 0 Å². The van der Waals surface area contributed by atoms with E-state index in [1.165, 1.54) is 20.7 Å². The first-order chi connectivity index (χ1) is 47.4. The highest BCUT2D eigenvalue weighted by Gasteiger charge is 2.52. The second-order valence-corrected chi connectivity index (χ2v) is 39.4. The topological polar surface area (TPSA) is 36.9 Å². The lowest BCUT2D eigenvalue weighted by molar-refractivity contribution is 0.333. The maximum atomic E-state index is 6.57. The van der Waals surface area contributed by atoms with Gasteiger partial charge in [0.05, 0.1) is 5.41 Å². The molecule has 0 aromatic heterocycles. The van der Waals surface area contributed by atoms with Gasteiger partial charge in [-0.15, -0.1) is 52.6 Å². The molecule has 0 saturated heterocycles. The first-order valence-electron chi connectivity index (χ1n) is 33.9. The number of hydrogen-bond donors (Lipinski definition) is 0. The SMILES string of the molecule is C=CC[Si](CC=C)(OCC)c1ccc(C#Cc2ccc3c(c2)C2(c4cc(C#Cc5ccc([Si](CC=C)(CC=C)OCC)cc5)ccc4-3)c3cc(C#Cc4ccc([Si](CC=C)(CC=C)OCC)cc4)ccc3-c3ccc(C#Cc4ccc([Si](CC=C)(CC=C)OCC)cc4)cc32)cc1. The van der Waals surface area contributed by atoms with E-state index in [-0.39, 0.29) is 0 Å². The van der Waals surface area contributed by atoms with Crippen molar-refractivity contribution in [3.63, 3.8) is 0 Å². The molecule has 0 heterocycles. The molecule has 0 radical (unpaired) electrons. The van der Waals surface area contributed by atoms with Crippen LogP contribution in [0.3, 0.4) is 0 Å². The molecule has 0 fully saturated rings. The fourth-order valence-electron chi connectivity index (χ4n) is 14.6. The van der Waals surface area contributed by atoms with E-state index >= 15 is 0 Å².